The summed E-state index contributed by atoms with van der Waals surface area (Å²) in [5, 5.41) is 0. The van der Waals surface area contributed by atoms with Gasteiger partial charge >= 0.3 is 0 Å². The summed E-state index contributed by atoms with van der Waals surface area (Å²) >= 11 is 0. The zero-order valence-corrected chi connectivity index (χ0v) is 27.0. The average molecular weight is 479 g/mol. The van der Waals surface area contributed by atoms with Crippen LogP contribution in [-0.4, -0.2) is 0 Å². The molecule has 0 heterocycles. The second-order valence-electron chi connectivity index (χ2n) is 11.6. The fourth-order valence-electron chi connectivity index (χ4n) is 7.63. The Kier molecular flexibility index (Phi) is 20.9. The third kappa shape index (κ3) is 9.85. The summed E-state index contributed by atoms with van der Waals surface area (Å²) in [6.07, 6.45) is 13.1. The molecule has 0 radical (unpaired) electrons. The monoisotopic (exact) mass is 479 g/mol. The van der Waals surface area contributed by atoms with E-state index in [0.29, 0.717) is 16.2 Å². The molecule has 0 aliphatic heterocycles. The highest BCUT2D eigenvalue weighted by molar-refractivity contribution is 5.13. The van der Waals surface area contributed by atoms with Crippen molar-refractivity contribution in [3.05, 3.63) is 24.8 Å². The maximum absolute atomic E-state index is 4.33. The Labute approximate surface area is 219 Å². The third-order valence-corrected chi connectivity index (χ3v) is 8.31. The Bertz CT molecular complexity index is 512. The number of fused-ring (bicyclic) bond motifs is 1. The van der Waals surface area contributed by atoms with Gasteiger partial charge in [-0.15, -0.1) is 6.58 Å². The maximum atomic E-state index is 4.33. The molecular weight excluding hydrogens is 408 g/mol. The smallest absolute Gasteiger partial charge is 0.0175 e. The Balaban J connectivity index is -0.000000689. The van der Waals surface area contributed by atoms with Crippen molar-refractivity contribution >= 4 is 0 Å². The van der Waals surface area contributed by atoms with Crippen molar-refractivity contribution in [1.29, 1.82) is 0 Å². The minimum Gasteiger partial charge on any atom is -0.103 e. The summed E-state index contributed by atoms with van der Waals surface area (Å²) < 4.78 is 0. The number of rotatable bonds is 3. The van der Waals surface area contributed by atoms with Crippen LogP contribution in [0.25, 0.3) is 0 Å². The molecule has 0 aromatic carbocycles. The van der Waals surface area contributed by atoms with Gasteiger partial charge in [0.15, 0.2) is 0 Å². The fourth-order valence-corrected chi connectivity index (χ4v) is 7.63. The summed E-state index contributed by atoms with van der Waals surface area (Å²) in [7, 11) is 0. The van der Waals surface area contributed by atoms with Crippen molar-refractivity contribution in [2.75, 3.05) is 0 Å². The molecule has 0 N–H and O–H groups in total. The highest BCUT2D eigenvalue weighted by Crippen LogP contribution is 2.69. The van der Waals surface area contributed by atoms with Gasteiger partial charge in [-0.1, -0.05) is 121 Å². The van der Waals surface area contributed by atoms with Crippen LogP contribution >= 0.6 is 0 Å². The molecule has 206 valence electrons. The van der Waals surface area contributed by atoms with E-state index in [9.17, 15) is 0 Å². The molecule has 0 amide bonds. The Morgan fingerprint density at radius 1 is 0.853 bits per heavy atom. The molecule has 3 fully saturated rings. The van der Waals surface area contributed by atoms with Crippen molar-refractivity contribution in [2.24, 2.45) is 39.9 Å². The van der Waals surface area contributed by atoms with E-state index in [0.717, 1.165) is 23.7 Å². The van der Waals surface area contributed by atoms with Crippen molar-refractivity contribution in [1.82, 2.24) is 0 Å². The summed E-state index contributed by atoms with van der Waals surface area (Å²) in [6.45, 7) is 40.8. The lowest BCUT2D eigenvalue weighted by molar-refractivity contribution is 0.0581. The molecule has 0 nitrogen and oxygen atoms in total. The van der Waals surface area contributed by atoms with Gasteiger partial charge in [0.2, 0.25) is 0 Å². The maximum Gasteiger partial charge on any atom is -0.0175 e. The molecule has 6 unspecified atom stereocenters. The molecule has 0 aromatic rings. The number of hydrogen-bond acceptors (Lipinski definition) is 0. The molecular formula is C34H70. The van der Waals surface area contributed by atoms with E-state index in [1.807, 2.05) is 48.5 Å². The minimum atomic E-state index is 0.571. The van der Waals surface area contributed by atoms with E-state index in [-0.39, 0.29) is 0 Å². The van der Waals surface area contributed by atoms with Gasteiger partial charge in [0, 0.05) is 0 Å². The minimum absolute atomic E-state index is 0.571. The average Bonchev–Trinajstić information content (AvgIpc) is 3.38. The van der Waals surface area contributed by atoms with Gasteiger partial charge in [0.25, 0.3) is 0 Å². The van der Waals surface area contributed by atoms with Crippen molar-refractivity contribution in [3.63, 3.8) is 0 Å². The Hall–Kier alpha value is -0.520. The van der Waals surface area contributed by atoms with Gasteiger partial charge in [0.05, 0.1) is 0 Å². The standard InChI is InChI=1S/C22H38.C3H8.C3H6.3C2H6/c1-8-17-16(15(2)3)9-12-22(17,7)18-10-11-21(6)14-20(4,5)13-19(18)21;2*1-3-2;3*1-2/h16-19H,2,8-14H2,1,3-7H3;3H2,1-2H3;3H,1H2,2H3;3*1-2H3. The molecule has 0 spiro atoms. The molecule has 0 aromatic heterocycles. The lowest BCUT2D eigenvalue weighted by Crippen LogP contribution is -2.37. The van der Waals surface area contributed by atoms with Crippen LogP contribution in [-0.2, 0) is 0 Å². The molecule has 34 heavy (non-hydrogen) atoms. The van der Waals surface area contributed by atoms with E-state index in [1.54, 1.807) is 6.08 Å². The van der Waals surface area contributed by atoms with Crippen LogP contribution in [0.3, 0.4) is 0 Å². The lowest BCUT2D eigenvalue weighted by atomic mass is 9.61. The number of allylic oxidation sites excluding steroid dienone is 2. The summed E-state index contributed by atoms with van der Waals surface area (Å²) in [5.74, 6) is 3.61. The summed E-state index contributed by atoms with van der Waals surface area (Å²) in [6, 6.07) is 0. The van der Waals surface area contributed by atoms with Crippen LogP contribution in [0.1, 0.15) is 155 Å². The predicted octanol–water partition coefficient (Wildman–Crippen LogP) is 12.5. The largest absolute Gasteiger partial charge is 0.103 e. The van der Waals surface area contributed by atoms with E-state index in [4.69, 9.17) is 0 Å². The van der Waals surface area contributed by atoms with E-state index in [1.165, 1.54) is 56.9 Å². The summed E-state index contributed by atoms with van der Waals surface area (Å²) in [4.78, 5) is 0. The first-order chi connectivity index (χ1) is 16.0. The van der Waals surface area contributed by atoms with Crippen LogP contribution < -0.4 is 0 Å². The Morgan fingerprint density at radius 2 is 1.29 bits per heavy atom. The second-order valence-corrected chi connectivity index (χ2v) is 11.6. The van der Waals surface area contributed by atoms with Crippen LogP contribution in [0, 0.1) is 39.9 Å². The SMILES string of the molecule is C=C(C)C1CCC(C)(C2CCC3(C)CC(C)(C)CC23)C1CC.C=CC.CC.CC.CC.CCC. The first-order valence-corrected chi connectivity index (χ1v) is 15.2. The molecule has 3 saturated carbocycles. The highest BCUT2D eigenvalue weighted by atomic mass is 14.7. The first kappa shape index (κ1) is 38.0. The van der Waals surface area contributed by atoms with Crippen molar-refractivity contribution in [3.8, 4) is 0 Å². The van der Waals surface area contributed by atoms with Gasteiger partial charge in [-0.3, -0.25) is 0 Å². The molecule has 3 aliphatic carbocycles. The van der Waals surface area contributed by atoms with Gasteiger partial charge in [-0.2, -0.15) is 0 Å². The first-order valence-electron chi connectivity index (χ1n) is 15.2. The molecule has 3 aliphatic rings. The highest BCUT2D eigenvalue weighted by Gasteiger charge is 2.60. The van der Waals surface area contributed by atoms with Crippen LogP contribution in [0.4, 0.5) is 0 Å². The van der Waals surface area contributed by atoms with E-state index in [2.05, 4.69) is 68.5 Å². The molecule has 0 saturated heterocycles. The molecule has 3 rings (SSSR count). The zero-order valence-electron chi connectivity index (χ0n) is 27.0. The molecule has 6 atom stereocenters. The number of hydrogen-bond donors (Lipinski definition) is 0. The predicted molar refractivity (Wildman–Crippen MR) is 163 cm³/mol. The van der Waals surface area contributed by atoms with Gasteiger partial charge in [-0.25, -0.2) is 0 Å². The molecule has 0 bridgehead atoms. The zero-order chi connectivity index (χ0) is 27.8. The van der Waals surface area contributed by atoms with Crippen LogP contribution in [0.15, 0.2) is 24.8 Å². The van der Waals surface area contributed by atoms with Crippen LogP contribution in [0.2, 0.25) is 0 Å². The lowest BCUT2D eigenvalue weighted by Gasteiger charge is -2.43. The normalized spacial score (nSPS) is 34.0. The van der Waals surface area contributed by atoms with E-state index >= 15 is 0 Å². The topological polar surface area (TPSA) is 0 Å². The van der Waals surface area contributed by atoms with Crippen molar-refractivity contribution < 1.29 is 0 Å². The van der Waals surface area contributed by atoms with E-state index < -0.39 is 0 Å². The third-order valence-electron chi connectivity index (χ3n) is 8.31. The van der Waals surface area contributed by atoms with Crippen LogP contribution in [0.5, 0.6) is 0 Å². The quantitative estimate of drug-likeness (QED) is 0.354. The van der Waals surface area contributed by atoms with Gasteiger partial charge in [0.1, 0.15) is 0 Å². The Morgan fingerprint density at radius 3 is 1.68 bits per heavy atom. The van der Waals surface area contributed by atoms with Gasteiger partial charge < -0.3 is 0 Å². The molecule has 0 heteroatoms. The summed E-state index contributed by atoms with van der Waals surface area (Å²) in [5.41, 5.74) is 3.23. The van der Waals surface area contributed by atoms with Crippen molar-refractivity contribution in [2.45, 2.75) is 155 Å². The fraction of sp³-hybridized carbons (Fsp3) is 0.882. The van der Waals surface area contributed by atoms with Gasteiger partial charge in [-0.05, 0) is 92.3 Å². The second kappa shape index (κ2) is 18.7.